The Morgan fingerprint density at radius 2 is 1.81 bits per heavy atom. The Bertz CT molecular complexity index is 879. The molecule has 0 spiro atoms. The van der Waals surface area contributed by atoms with Crippen LogP contribution in [0.4, 0.5) is 10.1 Å². The van der Waals surface area contributed by atoms with Crippen LogP contribution in [0.5, 0.6) is 0 Å². The number of rotatable bonds is 6. The summed E-state index contributed by atoms with van der Waals surface area (Å²) in [7, 11) is 0. The SMILES string of the molecule is CC(=O)N/C(=C\c1ccccc1)C(=O)OCC(=O)Nc1ccc(C)cc1F. The molecule has 0 saturated heterocycles. The summed E-state index contributed by atoms with van der Waals surface area (Å²) < 4.78 is 18.7. The monoisotopic (exact) mass is 370 g/mol. The third-order valence-electron chi connectivity index (χ3n) is 3.37. The minimum absolute atomic E-state index is 0.0106. The van der Waals surface area contributed by atoms with Crippen LogP contribution in [0.1, 0.15) is 18.1 Å². The van der Waals surface area contributed by atoms with Gasteiger partial charge in [0, 0.05) is 6.92 Å². The smallest absolute Gasteiger partial charge is 0.355 e. The van der Waals surface area contributed by atoms with E-state index < -0.39 is 30.2 Å². The van der Waals surface area contributed by atoms with Gasteiger partial charge in [-0.3, -0.25) is 9.59 Å². The summed E-state index contributed by atoms with van der Waals surface area (Å²) in [4.78, 5) is 35.4. The zero-order valence-electron chi connectivity index (χ0n) is 14.9. The molecular weight excluding hydrogens is 351 g/mol. The van der Waals surface area contributed by atoms with Crippen LogP contribution in [0, 0.1) is 12.7 Å². The van der Waals surface area contributed by atoms with Crippen molar-refractivity contribution in [2.45, 2.75) is 13.8 Å². The molecule has 2 aromatic rings. The van der Waals surface area contributed by atoms with Crippen LogP contribution >= 0.6 is 0 Å². The zero-order chi connectivity index (χ0) is 19.8. The Balaban J connectivity index is 2.01. The van der Waals surface area contributed by atoms with Crippen LogP contribution in [-0.4, -0.2) is 24.4 Å². The van der Waals surface area contributed by atoms with E-state index in [-0.39, 0.29) is 11.4 Å². The molecule has 140 valence electrons. The zero-order valence-corrected chi connectivity index (χ0v) is 14.9. The van der Waals surface area contributed by atoms with E-state index in [9.17, 15) is 18.8 Å². The van der Waals surface area contributed by atoms with Gasteiger partial charge < -0.3 is 15.4 Å². The Morgan fingerprint density at radius 1 is 1.11 bits per heavy atom. The number of aryl methyl sites for hydroxylation is 1. The molecule has 7 heteroatoms. The van der Waals surface area contributed by atoms with Crippen molar-refractivity contribution in [3.8, 4) is 0 Å². The van der Waals surface area contributed by atoms with Gasteiger partial charge in [-0.25, -0.2) is 9.18 Å². The highest BCUT2D eigenvalue weighted by Crippen LogP contribution is 2.15. The Labute approximate surface area is 156 Å². The summed E-state index contributed by atoms with van der Waals surface area (Å²) in [5, 5.41) is 4.70. The van der Waals surface area contributed by atoms with Gasteiger partial charge in [0.25, 0.3) is 5.91 Å². The second kappa shape index (κ2) is 9.28. The highest BCUT2D eigenvalue weighted by atomic mass is 19.1. The number of esters is 1. The van der Waals surface area contributed by atoms with Gasteiger partial charge in [-0.1, -0.05) is 36.4 Å². The lowest BCUT2D eigenvalue weighted by Gasteiger charge is -2.10. The molecule has 0 fully saturated rings. The van der Waals surface area contributed by atoms with Gasteiger partial charge in [-0.05, 0) is 36.3 Å². The molecule has 0 aliphatic carbocycles. The second-order valence-electron chi connectivity index (χ2n) is 5.76. The van der Waals surface area contributed by atoms with Crippen molar-refractivity contribution in [2.24, 2.45) is 0 Å². The molecule has 0 heterocycles. The predicted octanol–water partition coefficient (Wildman–Crippen LogP) is 2.79. The third kappa shape index (κ3) is 6.39. The number of nitrogens with one attached hydrogen (secondary N) is 2. The molecule has 0 aliphatic heterocycles. The summed E-state index contributed by atoms with van der Waals surface area (Å²) in [5.41, 5.74) is 1.26. The van der Waals surface area contributed by atoms with Gasteiger partial charge in [0.2, 0.25) is 5.91 Å². The van der Waals surface area contributed by atoms with Gasteiger partial charge >= 0.3 is 5.97 Å². The first-order chi connectivity index (χ1) is 12.8. The topological polar surface area (TPSA) is 84.5 Å². The van der Waals surface area contributed by atoms with Gasteiger partial charge in [0.15, 0.2) is 6.61 Å². The molecule has 0 saturated carbocycles. The van der Waals surface area contributed by atoms with E-state index in [2.05, 4.69) is 10.6 Å². The average molecular weight is 370 g/mol. The van der Waals surface area contributed by atoms with E-state index in [1.54, 1.807) is 37.3 Å². The fourth-order valence-corrected chi connectivity index (χ4v) is 2.17. The maximum absolute atomic E-state index is 13.7. The number of carbonyl (C=O) groups is 3. The fourth-order valence-electron chi connectivity index (χ4n) is 2.17. The van der Waals surface area contributed by atoms with E-state index >= 15 is 0 Å². The molecule has 2 rings (SSSR count). The quantitative estimate of drug-likeness (QED) is 0.605. The minimum atomic E-state index is -0.881. The minimum Gasteiger partial charge on any atom is -0.451 e. The van der Waals surface area contributed by atoms with E-state index in [4.69, 9.17) is 4.74 Å². The van der Waals surface area contributed by atoms with Crippen molar-refractivity contribution in [1.29, 1.82) is 0 Å². The van der Waals surface area contributed by atoms with E-state index in [1.165, 1.54) is 25.1 Å². The molecule has 2 N–H and O–H groups in total. The van der Waals surface area contributed by atoms with Crippen LogP contribution in [0.15, 0.2) is 54.2 Å². The average Bonchev–Trinajstić information content (AvgIpc) is 2.62. The number of ether oxygens (including phenoxy) is 1. The molecule has 0 atom stereocenters. The molecular formula is C20H19FN2O4. The molecule has 0 aromatic heterocycles. The summed E-state index contributed by atoms with van der Waals surface area (Å²) in [6.45, 7) is 2.34. The lowest BCUT2D eigenvalue weighted by molar-refractivity contribution is -0.144. The highest BCUT2D eigenvalue weighted by Gasteiger charge is 2.15. The first-order valence-electron chi connectivity index (χ1n) is 8.12. The molecule has 0 aliphatic rings. The van der Waals surface area contributed by atoms with E-state index in [0.717, 1.165) is 0 Å². The number of hydrogen-bond donors (Lipinski definition) is 2. The van der Waals surface area contributed by atoms with Gasteiger partial charge in [-0.15, -0.1) is 0 Å². The van der Waals surface area contributed by atoms with Crippen molar-refractivity contribution in [3.63, 3.8) is 0 Å². The number of anilines is 1. The number of carbonyl (C=O) groups excluding carboxylic acids is 3. The number of hydrogen-bond acceptors (Lipinski definition) is 4. The van der Waals surface area contributed by atoms with Gasteiger partial charge in [-0.2, -0.15) is 0 Å². The molecule has 2 aromatic carbocycles. The standard InChI is InChI=1S/C20H19FN2O4/c1-13-8-9-17(16(21)10-13)23-19(25)12-27-20(26)18(22-14(2)24)11-15-6-4-3-5-7-15/h3-11H,12H2,1-2H3,(H,22,24)(H,23,25)/b18-11-. The normalized spacial score (nSPS) is 10.9. The first-order valence-corrected chi connectivity index (χ1v) is 8.12. The Hall–Kier alpha value is -3.48. The predicted molar refractivity (Wildman–Crippen MR) is 99.0 cm³/mol. The number of halogens is 1. The summed E-state index contributed by atoms with van der Waals surface area (Å²) >= 11 is 0. The third-order valence-corrected chi connectivity index (χ3v) is 3.37. The first kappa shape index (κ1) is 19.8. The summed E-state index contributed by atoms with van der Waals surface area (Å²) in [6, 6.07) is 13.2. The van der Waals surface area contributed by atoms with Crippen molar-refractivity contribution in [2.75, 3.05) is 11.9 Å². The maximum atomic E-state index is 13.7. The van der Waals surface area contributed by atoms with Crippen molar-refractivity contribution in [1.82, 2.24) is 5.32 Å². The number of benzene rings is 2. The Kier molecular flexibility index (Phi) is 6.82. The van der Waals surface area contributed by atoms with Crippen molar-refractivity contribution in [3.05, 3.63) is 71.2 Å². The van der Waals surface area contributed by atoms with E-state index in [1.807, 2.05) is 6.07 Å². The molecule has 2 amide bonds. The maximum Gasteiger partial charge on any atom is 0.355 e. The largest absolute Gasteiger partial charge is 0.451 e. The summed E-state index contributed by atoms with van der Waals surface area (Å²) in [5.74, 6) is -2.63. The second-order valence-corrected chi connectivity index (χ2v) is 5.76. The molecule has 6 nitrogen and oxygen atoms in total. The fraction of sp³-hybridized carbons (Fsp3) is 0.150. The van der Waals surface area contributed by atoms with Crippen molar-refractivity contribution < 1.29 is 23.5 Å². The van der Waals surface area contributed by atoms with Crippen LogP contribution in [0.3, 0.4) is 0 Å². The number of amides is 2. The molecule has 0 unspecified atom stereocenters. The Morgan fingerprint density at radius 3 is 2.44 bits per heavy atom. The van der Waals surface area contributed by atoms with Crippen LogP contribution in [0.2, 0.25) is 0 Å². The van der Waals surface area contributed by atoms with Crippen LogP contribution < -0.4 is 10.6 Å². The molecule has 0 bridgehead atoms. The molecule has 27 heavy (non-hydrogen) atoms. The van der Waals surface area contributed by atoms with Gasteiger partial charge in [0.05, 0.1) is 5.69 Å². The lowest BCUT2D eigenvalue weighted by atomic mass is 10.2. The lowest BCUT2D eigenvalue weighted by Crippen LogP contribution is -2.29. The summed E-state index contributed by atoms with van der Waals surface area (Å²) in [6.07, 6.45) is 1.43. The van der Waals surface area contributed by atoms with Crippen LogP contribution in [0.25, 0.3) is 6.08 Å². The van der Waals surface area contributed by atoms with E-state index in [0.29, 0.717) is 11.1 Å². The highest BCUT2D eigenvalue weighted by molar-refractivity contribution is 5.99. The van der Waals surface area contributed by atoms with Crippen LogP contribution in [-0.2, 0) is 19.1 Å². The van der Waals surface area contributed by atoms with Crippen molar-refractivity contribution >= 4 is 29.5 Å². The van der Waals surface area contributed by atoms with Gasteiger partial charge in [0.1, 0.15) is 11.5 Å². The molecule has 0 radical (unpaired) electrons.